The van der Waals surface area contributed by atoms with Crippen molar-refractivity contribution in [2.75, 3.05) is 50.0 Å². The average molecular weight is 546 g/mol. The Kier molecular flexibility index (Phi) is 8.40. The van der Waals surface area contributed by atoms with Crippen LogP contribution in [0, 0.1) is 0 Å². The monoisotopic (exact) mass is 545 g/mol. The number of rotatable bonds is 11. The molecular weight excluding hydrogens is 506 g/mol. The van der Waals surface area contributed by atoms with E-state index in [0.717, 1.165) is 17.0 Å². The fourth-order valence-corrected chi connectivity index (χ4v) is 5.27. The molecule has 0 aromatic heterocycles. The van der Waals surface area contributed by atoms with Crippen LogP contribution in [-0.2, 0) is 24.5 Å². The molecule has 0 amide bonds. The van der Waals surface area contributed by atoms with Gasteiger partial charge in [-0.2, -0.15) is 0 Å². The SMILES string of the molecule is C=C(C)C(=O)OCCN(CCOC(=O)C(=C)C)CCN1c2ccccc2C(C)(C)C12C=Cc1cc(N)ccc1O2. The molecule has 1 spiro atoms. The minimum absolute atomic E-state index is 0.193. The molecule has 2 aliphatic heterocycles. The molecule has 40 heavy (non-hydrogen) atoms. The summed E-state index contributed by atoms with van der Waals surface area (Å²) in [7, 11) is 0. The Morgan fingerprint density at radius 3 is 2.23 bits per heavy atom. The molecule has 0 bridgehead atoms. The van der Waals surface area contributed by atoms with Crippen molar-refractivity contribution >= 4 is 29.4 Å². The Bertz CT molecular complexity index is 1320. The van der Waals surface area contributed by atoms with Gasteiger partial charge in [-0.3, -0.25) is 4.90 Å². The molecule has 0 aliphatic carbocycles. The summed E-state index contributed by atoms with van der Waals surface area (Å²) in [5, 5.41) is 0. The van der Waals surface area contributed by atoms with Gasteiger partial charge in [0.25, 0.3) is 0 Å². The van der Waals surface area contributed by atoms with Crippen LogP contribution in [0.3, 0.4) is 0 Å². The second kappa shape index (κ2) is 11.6. The number of anilines is 2. The normalized spacial score (nSPS) is 18.2. The molecular formula is C32H39N3O5. The van der Waals surface area contributed by atoms with E-state index < -0.39 is 17.7 Å². The molecule has 4 rings (SSSR count). The molecule has 8 nitrogen and oxygen atoms in total. The Morgan fingerprint density at radius 2 is 1.60 bits per heavy atom. The lowest BCUT2D eigenvalue weighted by atomic mass is 9.76. The summed E-state index contributed by atoms with van der Waals surface area (Å²) in [6.07, 6.45) is 4.21. The van der Waals surface area contributed by atoms with Gasteiger partial charge in [0, 0.05) is 54.3 Å². The summed E-state index contributed by atoms with van der Waals surface area (Å²) in [4.78, 5) is 28.3. The largest absolute Gasteiger partial charge is 0.463 e. The first kappa shape index (κ1) is 29.0. The van der Waals surface area contributed by atoms with Gasteiger partial charge >= 0.3 is 11.9 Å². The summed E-state index contributed by atoms with van der Waals surface area (Å²) in [5.74, 6) is -0.0800. The quantitative estimate of drug-likeness (QED) is 0.247. The maximum Gasteiger partial charge on any atom is 0.333 e. The third-order valence-corrected chi connectivity index (χ3v) is 7.57. The third kappa shape index (κ3) is 5.63. The molecule has 2 heterocycles. The molecule has 0 saturated heterocycles. The van der Waals surface area contributed by atoms with Gasteiger partial charge in [0.15, 0.2) is 0 Å². The number of nitrogens with zero attached hydrogens (tertiary/aromatic N) is 2. The summed E-state index contributed by atoms with van der Waals surface area (Å²) >= 11 is 0. The van der Waals surface area contributed by atoms with Crippen LogP contribution < -0.4 is 15.4 Å². The van der Waals surface area contributed by atoms with Crippen molar-refractivity contribution in [3.05, 3.63) is 84.0 Å². The highest BCUT2D eigenvalue weighted by Gasteiger charge is 2.58. The maximum atomic E-state index is 11.9. The number of carbonyl (C=O) groups is 2. The second-order valence-corrected chi connectivity index (χ2v) is 10.9. The van der Waals surface area contributed by atoms with Crippen LogP contribution in [0.4, 0.5) is 11.4 Å². The Morgan fingerprint density at radius 1 is 0.975 bits per heavy atom. The number of benzene rings is 2. The van der Waals surface area contributed by atoms with Crippen molar-refractivity contribution in [3.8, 4) is 5.75 Å². The van der Waals surface area contributed by atoms with E-state index in [0.29, 0.717) is 43.0 Å². The van der Waals surface area contributed by atoms with Crippen molar-refractivity contribution in [1.29, 1.82) is 0 Å². The topological polar surface area (TPSA) is 94.3 Å². The van der Waals surface area contributed by atoms with Gasteiger partial charge in [0.2, 0.25) is 5.72 Å². The number of fused-ring (bicyclic) bond motifs is 2. The first-order chi connectivity index (χ1) is 19.0. The van der Waals surface area contributed by atoms with Crippen molar-refractivity contribution < 1.29 is 23.8 Å². The van der Waals surface area contributed by atoms with Gasteiger partial charge < -0.3 is 24.8 Å². The van der Waals surface area contributed by atoms with Gasteiger partial charge in [-0.1, -0.05) is 31.4 Å². The summed E-state index contributed by atoms with van der Waals surface area (Å²) in [5.41, 5.74) is 9.49. The van der Waals surface area contributed by atoms with Crippen LogP contribution in [0.15, 0.2) is 72.8 Å². The van der Waals surface area contributed by atoms with E-state index in [1.807, 2.05) is 24.3 Å². The molecule has 1 atom stereocenters. The number of carbonyl (C=O) groups excluding carboxylic acids is 2. The highest BCUT2D eigenvalue weighted by Crippen LogP contribution is 2.54. The van der Waals surface area contributed by atoms with Gasteiger partial charge in [0.05, 0.1) is 5.41 Å². The zero-order valence-corrected chi connectivity index (χ0v) is 23.9. The fourth-order valence-electron chi connectivity index (χ4n) is 5.27. The summed E-state index contributed by atoms with van der Waals surface area (Å²) in [6, 6.07) is 14.0. The van der Waals surface area contributed by atoms with Gasteiger partial charge in [-0.25, -0.2) is 9.59 Å². The second-order valence-electron chi connectivity index (χ2n) is 10.9. The molecule has 2 aromatic carbocycles. The van der Waals surface area contributed by atoms with Crippen molar-refractivity contribution in [2.24, 2.45) is 0 Å². The molecule has 212 valence electrons. The Labute approximate surface area is 236 Å². The minimum atomic E-state index is -0.774. The predicted molar refractivity (Wildman–Crippen MR) is 158 cm³/mol. The van der Waals surface area contributed by atoms with E-state index >= 15 is 0 Å². The van der Waals surface area contributed by atoms with Gasteiger partial charge in [-0.05, 0) is 69.7 Å². The first-order valence-corrected chi connectivity index (χ1v) is 13.5. The van der Waals surface area contributed by atoms with Crippen LogP contribution in [0.25, 0.3) is 6.08 Å². The number of hydrogen-bond donors (Lipinski definition) is 1. The number of nitrogens with two attached hydrogens (primary N) is 1. The lowest BCUT2D eigenvalue weighted by molar-refractivity contribution is -0.139. The van der Waals surface area contributed by atoms with E-state index in [2.05, 4.69) is 67.2 Å². The lowest BCUT2D eigenvalue weighted by Gasteiger charge is -2.47. The van der Waals surface area contributed by atoms with E-state index in [1.54, 1.807) is 13.8 Å². The van der Waals surface area contributed by atoms with Crippen LogP contribution in [-0.4, -0.2) is 62.0 Å². The molecule has 2 aliphatic rings. The van der Waals surface area contributed by atoms with Crippen LogP contribution in [0.1, 0.15) is 38.8 Å². The number of esters is 2. The van der Waals surface area contributed by atoms with Crippen LogP contribution in [0.2, 0.25) is 0 Å². The Hall–Kier alpha value is -4.04. The number of nitrogen functional groups attached to an aromatic ring is 1. The summed E-state index contributed by atoms with van der Waals surface area (Å²) in [6.45, 7) is 17.5. The standard InChI is InChI=1S/C32H39N3O5/c1-22(2)29(36)38-19-17-34(18-20-39-30(37)23(3)4)15-16-35-27-10-8-7-9-26(27)31(5,6)32(35)14-13-24-21-25(33)11-12-28(24)40-32/h7-14,21H,1,3,15-20,33H2,2,4-6H3. The van der Waals surface area contributed by atoms with E-state index in [9.17, 15) is 9.59 Å². The van der Waals surface area contributed by atoms with Crippen molar-refractivity contribution in [2.45, 2.75) is 38.8 Å². The minimum Gasteiger partial charge on any atom is -0.463 e. The highest BCUT2D eigenvalue weighted by molar-refractivity contribution is 5.87. The molecule has 0 fully saturated rings. The number of hydrogen-bond acceptors (Lipinski definition) is 8. The number of ether oxygens (including phenoxy) is 3. The Balaban J connectivity index is 1.58. The number of para-hydroxylation sites is 1. The fraction of sp³-hybridized carbons (Fsp3) is 0.375. The molecule has 0 saturated carbocycles. The summed E-state index contributed by atoms with van der Waals surface area (Å²) < 4.78 is 17.6. The molecule has 2 aromatic rings. The molecule has 8 heteroatoms. The molecule has 0 radical (unpaired) electrons. The first-order valence-electron chi connectivity index (χ1n) is 13.5. The molecule has 2 N–H and O–H groups in total. The van der Waals surface area contributed by atoms with Crippen LogP contribution >= 0.6 is 0 Å². The van der Waals surface area contributed by atoms with E-state index in [-0.39, 0.29) is 18.6 Å². The third-order valence-electron chi connectivity index (χ3n) is 7.57. The van der Waals surface area contributed by atoms with Crippen LogP contribution in [0.5, 0.6) is 5.75 Å². The van der Waals surface area contributed by atoms with E-state index in [4.69, 9.17) is 19.9 Å². The van der Waals surface area contributed by atoms with E-state index in [1.165, 1.54) is 5.56 Å². The van der Waals surface area contributed by atoms with Gasteiger partial charge in [0.1, 0.15) is 19.0 Å². The zero-order valence-electron chi connectivity index (χ0n) is 23.9. The predicted octanol–water partition coefficient (Wildman–Crippen LogP) is 4.71. The van der Waals surface area contributed by atoms with Gasteiger partial charge in [-0.15, -0.1) is 0 Å². The maximum absolute atomic E-state index is 11.9. The smallest absolute Gasteiger partial charge is 0.333 e. The van der Waals surface area contributed by atoms with Crippen molar-refractivity contribution in [1.82, 2.24) is 4.90 Å². The highest BCUT2D eigenvalue weighted by atomic mass is 16.5. The van der Waals surface area contributed by atoms with Crippen molar-refractivity contribution in [3.63, 3.8) is 0 Å². The zero-order chi connectivity index (χ0) is 29.1. The molecule has 1 unspecified atom stereocenters. The lowest BCUT2D eigenvalue weighted by Crippen LogP contribution is -2.60. The average Bonchev–Trinajstić information content (AvgIpc) is 3.09.